The number of benzene rings is 1. The van der Waals surface area contributed by atoms with Gasteiger partial charge in [-0.1, -0.05) is 0 Å². The molecule has 26 heavy (non-hydrogen) atoms. The Morgan fingerprint density at radius 1 is 1.31 bits per heavy atom. The Bertz CT molecular complexity index is 911. The molecule has 1 fully saturated rings. The summed E-state index contributed by atoms with van der Waals surface area (Å²) in [5, 5.41) is 6.72. The molecule has 142 valence electrons. The average molecular weight is 392 g/mol. The maximum Gasteiger partial charge on any atom is 0.419 e. The van der Waals surface area contributed by atoms with E-state index < -0.39 is 32.5 Å². The summed E-state index contributed by atoms with van der Waals surface area (Å²) in [5.74, 6) is -0.707. The molecule has 1 N–H and O–H groups in total. The number of hydrogen-bond donors (Lipinski definition) is 1. The SMILES string of the molecule is Cc1nc(C2CCCN(S(=O)(=O)c3ccc(F)c(C(F)(F)F)c3)C2)n[nH]1. The second kappa shape index (κ2) is 6.62. The second-order valence-corrected chi connectivity index (χ2v) is 8.06. The zero-order valence-corrected chi connectivity index (χ0v) is 14.5. The van der Waals surface area contributed by atoms with E-state index in [-0.39, 0.29) is 19.0 Å². The van der Waals surface area contributed by atoms with Crippen LogP contribution in [-0.4, -0.2) is 41.0 Å². The summed E-state index contributed by atoms with van der Waals surface area (Å²) < 4.78 is 78.7. The monoisotopic (exact) mass is 392 g/mol. The van der Waals surface area contributed by atoms with Gasteiger partial charge in [0.1, 0.15) is 11.6 Å². The molecule has 1 aromatic carbocycles. The molecule has 1 atom stereocenters. The molecule has 6 nitrogen and oxygen atoms in total. The van der Waals surface area contributed by atoms with Crippen LogP contribution in [0.1, 0.15) is 36.0 Å². The van der Waals surface area contributed by atoms with E-state index in [4.69, 9.17) is 0 Å². The molecule has 11 heteroatoms. The zero-order valence-electron chi connectivity index (χ0n) is 13.7. The predicted octanol–water partition coefficient (Wildman–Crippen LogP) is 2.84. The van der Waals surface area contributed by atoms with Crippen molar-refractivity contribution in [1.82, 2.24) is 19.5 Å². The number of halogens is 4. The highest BCUT2D eigenvalue weighted by Gasteiger charge is 2.37. The van der Waals surface area contributed by atoms with Crippen molar-refractivity contribution in [3.63, 3.8) is 0 Å². The number of aryl methyl sites for hydroxylation is 1. The molecule has 3 rings (SSSR count). The number of nitrogens with zero attached hydrogens (tertiary/aromatic N) is 3. The summed E-state index contributed by atoms with van der Waals surface area (Å²) >= 11 is 0. The van der Waals surface area contributed by atoms with E-state index in [1.165, 1.54) is 0 Å². The van der Waals surface area contributed by atoms with Gasteiger partial charge in [-0.05, 0) is 38.0 Å². The number of rotatable bonds is 3. The Morgan fingerprint density at radius 3 is 2.65 bits per heavy atom. The van der Waals surface area contributed by atoms with Crippen molar-refractivity contribution >= 4 is 10.0 Å². The topological polar surface area (TPSA) is 79.0 Å². The molecule has 1 aliphatic heterocycles. The molecule has 1 aromatic heterocycles. The number of aromatic amines is 1. The lowest BCUT2D eigenvalue weighted by Gasteiger charge is -2.30. The number of piperidine rings is 1. The van der Waals surface area contributed by atoms with Gasteiger partial charge in [-0.25, -0.2) is 17.8 Å². The van der Waals surface area contributed by atoms with E-state index >= 15 is 0 Å². The number of alkyl halides is 3. The van der Waals surface area contributed by atoms with Gasteiger partial charge in [0.15, 0.2) is 5.82 Å². The fourth-order valence-electron chi connectivity index (χ4n) is 2.95. The number of H-pyrrole nitrogens is 1. The van der Waals surface area contributed by atoms with E-state index in [1.807, 2.05) is 0 Å². The van der Waals surface area contributed by atoms with Gasteiger partial charge in [-0.2, -0.15) is 22.6 Å². The van der Waals surface area contributed by atoms with Crippen LogP contribution in [-0.2, 0) is 16.2 Å². The van der Waals surface area contributed by atoms with E-state index in [9.17, 15) is 26.0 Å². The highest BCUT2D eigenvalue weighted by atomic mass is 32.2. The minimum atomic E-state index is -4.98. The molecule has 0 spiro atoms. The third-order valence-corrected chi connectivity index (χ3v) is 6.11. The van der Waals surface area contributed by atoms with Crippen LogP contribution in [0.25, 0.3) is 0 Å². The molecule has 1 aliphatic rings. The van der Waals surface area contributed by atoms with Crippen LogP contribution in [0.15, 0.2) is 23.1 Å². The van der Waals surface area contributed by atoms with Crippen LogP contribution in [0.3, 0.4) is 0 Å². The van der Waals surface area contributed by atoms with Crippen molar-refractivity contribution in [2.45, 2.75) is 36.8 Å². The highest BCUT2D eigenvalue weighted by molar-refractivity contribution is 7.89. The molecule has 0 amide bonds. The van der Waals surface area contributed by atoms with Crippen LogP contribution >= 0.6 is 0 Å². The summed E-state index contributed by atoms with van der Waals surface area (Å²) in [6.45, 7) is 1.93. The maximum atomic E-state index is 13.4. The average Bonchev–Trinajstić information content (AvgIpc) is 3.00. The molecule has 0 radical (unpaired) electrons. The first-order chi connectivity index (χ1) is 12.1. The molecule has 0 aliphatic carbocycles. The van der Waals surface area contributed by atoms with Gasteiger partial charge in [0.05, 0.1) is 10.5 Å². The quantitative estimate of drug-likeness (QED) is 0.815. The van der Waals surface area contributed by atoms with Gasteiger partial charge >= 0.3 is 6.18 Å². The van der Waals surface area contributed by atoms with Crippen molar-refractivity contribution in [2.75, 3.05) is 13.1 Å². The lowest BCUT2D eigenvalue weighted by atomic mass is 9.99. The van der Waals surface area contributed by atoms with Gasteiger partial charge in [-0.15, -0.1) is 0 Å². The Labute approximate surface area is 147 Å². The van der Waals surface area contributed by atoms with E-state index in [0.717, 1.165) is 10.4 Å². The third-order valence-electron chi connectivity index (χ3n) is 4.24. The Hall–Kier alpha value is -2.01. The van der Waals surface area contributed by atoms with Gasteiger partial charge in [-0.3, -0.25) is 5.10 Å². The lowest BCUT2D eigenvalue weighted by Crippen LogP contribution is -2.39. The van der Waals surface area contributed by atoms with E-state index in [2.05, 4.69) is 15.2 Å². The number of hydrogen-bond acceptors (Lipinski definition) is 4. The lowest BCUT2D eigenvalue weighted by molar-refractivity contribution is -0.140. The Kier molecular flexibility index (Phi) is 4.78. The number of sulfonamides is 1. The number of aromatic nitrogens is 3. The first-order valence-electron chi connectivity index (χ1n) is 7.85. The molecule has 2 aromatic rings. The molecular weight excluding hydrogens is 376 g/mol. The van der Waals surface area contributed by atoms with Gasteiger partial charge in [0.25, 0.3) is 0 Å². The van der Waals surface area contributed by atoms with Crippen molar-refractivity contribution in [1.29, 1.82) is 0 Å². The third kappa shape index (κ3) is 3.58. The fraction of sp³-hybridized carbons (Fsp3) is 0.467. The highest BCUT2D eigenvalue weighted by Crippen LogP contribution is 2.34. The van der Waals surface area contributed by atoms with Crippen LogP contribution in [0.5, 0.6) is 0 Å². The number of nitrogens with one attached hydrogen (secondary N) is 1. The van der Waals surface area contributed by atoms with Crippen LogP contribution < -0.4 is 0 Å². The molecule has 1 unspecified atom stereocenters. The molecule has 0 bridgehead atoms. The molecule has 1 saturated heterocycles. The summed E-state index contributed by atoms with van der Waals surface area (Å²) in [7, 11) is -4.19. The largest absolute Gasteiger partial charge is 0.419 e. The summed E-state index contributed by atoms with van der Waals surface area (Å²) in [5.41, 5.74) is -1.60. The summed E-state index contributed by atoms with van der Waals surface area (Å²) in [6, 6.07) is 1.71. The predicted molar refractivity (Wildman–Crippen MR) is 83.3 cm³/mol. The Morgan fingerprint density at radius 2 is 2.04 bits per heavy atom. The normalized spacial score (nSPS) is 19.7. The van der Waals surface area contributed by atoms with Gasteiger partial charge < -0.3 is 0 Å². The summed E-state index contributed by atoms with van der Waals surface area (Å²) in [6.07, 6.45) is -3.79. The van der Waals surface area contributed by atoms with Crippen LogP contribution in [0.2, 0.25) is 0 Å². The second-order valence-electron chi connectivity index (χ2n) is 6.12. The first kappa shape index (κ1) is 18.8. The molecule has 0 saturated carbocycles. The minimum Gasteiger partial charge on any atom is -0.263 e. The zero-order chi connectivity index (χ0) is 19.1. The first-order valence-corrected chi connectivity index (χ1v) is 9.29. The van der Waals surface area contributed by atoms with Crippen molar-refractivity contribution in [3.05, 3.63) is 41.2 Å². The Balaban J connectivity index is 1.90. The maximum absolute atomic E-state index is 13.4. The van der Waals surface area contributed by atoms with Gasteiger partial charge in [0.2, 0.25) is 10.0 Å². The van der Waals surface area contributed by atoms with Crippen molar-refractivity contribution < 1.29 is 26.0 Å². The van der Waals surface area contributed by atoms with Crippen LogP contribution in [0.4, 0.5) is 17.6 Å². The van der Waals surface area contributed by atoms with E-state index in [1.54, 1.807) is 6.92 Å². The van der Waals surface area contributed by atoms with Gasteiger partial charge in [0, 0.05) is 19.0 Å². The fourth-order valence-corrected chi connectivity index (χ4v) is 4.50. The smallest absolute Gasteiger partial charge is 0.263 e. The molecule has 2 heterocycles. The molecular formula is C15H16F4N4O2S. The van der Waals surface area contributed by atoms with Crippen molar-refractivity contribution in [2.24, 2.45) is 0 Å². The standard InChI is InChI=1S/C15H16F4N4O2S/c1-9-20-14(22-21-9)10-3-2-6-23(8-10)26(24,25)11-4-5-13(16)12(7-11)15(17,18)19/h4-5,7,10H,2-3,6,8H2,1H3,(H,20,21,22). The van der Waals surface area contributed by atoms with Crippen molar-refractivity contribution in [3.8, 4) is 0 Å². The summed E-state index contributed by atoms with van der Waals surface area (Å²) in [4.78, 5) is 3.61. The van der Waals surface area contributed by atoms with E-state index in [0.29, 0.717) is 36.6 Å². The van der Waals surface area contributed by atoms with Crippen LogP contribution in [0, 0.1) is 12.7 Å². The minimum absolute atomic E-state index is 0.0539.